The lowest BCUT2D eigenvalue weighted by atomic mass is 9.74. The summed E-state index contributed by atoms with van der Waals surface area (Å²) in [6, 6.07) is 5.94. The summed E-state index contributed by atoms with van der Waals surface area (Å²) in [6.45, 7) is 8.74. The van der Waals surface area contributed by atoms with Crippen LogP contribution in [0.3, 0.4) is 0 Å². The molecule has 0 spiro atoms. The summed E-state index contributed by atoms with van der Waals surface area (Å²) in [7, 11) is -0.380. The molecule has 1 fully saturated rings. The summed E-state index contributed by atoms with van der Waals surface area (Å²) in [4.78, 5) is 27.2. The van der Waals surface area contributed by atoms with Crippen LogP contribution in [-0.2, 0) is 19.9 Å². The molecule has 0 saturated carbocycles. The van der Waals surface area contributed by atoms with Crippen molar-refractivity contribution in [2.45, 2.75) is 50.5 Å². The van der Waals surface area contributed by atoms with E-state index in [1.807, 2.05) is 17.0 Å². The van der Waals surface area contributed by atoms with Gasteiger partial charge in [0, 0.05) is 17.8 Å². The van der Waals surface area contributed by atoms with Gasteiger partial charge in [-0.25, -0.2) is 4.79 Å². The number of hydrogen-bond donors (Lipinski definition) is 1. The molecule has 0 radical (unpaired) electrons. The molecule has 2 aliphatic heterocycles. The molecule has 0 bridgehead atoms. The van der Waals surface area contributed by atoms with Gasteiger partial charge in [0.05, 0.1) is 15.2 Å². The lowest BCUT2D eigenvalue weighted by molar-refractivity contribution is -0.173. The Balaban J connectivity index is 2.33. The first-order valence-corrected chi connectivity index (χ1v) is 11.8. The van der Waals surface area contributed by atoms with Gasteiger partial charge in [0.1, 0.15) is 5.54 Å². The number of aliphatic hydroxyl groups is 1. The predicted octanol–water partition coefficient (Wildman–Crippen LogP) is 1.53. The van der Waals surface area contributed by atoms with Crippen LogP contribution in [0.25, 0.3) is 0 Å². The van der Waals surface area contributed by atoms with Crippen molar-refractivity contribution < 1.29 is 19.4 Å². The number of carbonyl (C=O) groups is 2. The Morgan fingerprint density at radius 1 is 1.29 bits per heavy atom. The second-order valence-corrected chi connectivity index (χ2v) is 12.9. The van der Waals surface area contributed by atoms with Crippen molar-refractivity contribution in [2.75, 3.05) is 18.6 Å². The van der Waals surface area contributed by atoms with E-state index in [4.69, 9.17) is 4.74 Å². The number of rotatable bonds is 3. The first-order valence-electron chi connectivity index (χ1n) is 8.35. The van der Waals surface area contributed by atoms with Crippen molar-refractivity contribution in [1.29, 1.82) is 0 Å². The maximum atomic E-state index is 12.7. The Morgan fingerprint density at radius 3 is 2.50 bits per heavy atom. The van der Waals surface area contributed by atoms with E-state index in [0.717, 1.165) is 17.3 Å². The third-order valence-electron chi connectivity index (χ3n) is 5.59. The highest BCUT2D eigenvalue weighted by molar-refractivity contribution is 6.88. The van der Waals surface area contributed by atoms with Crippen LogP contribution in [0.4, 0.5) is 5.69 Å². The van der Waals surface area contributed by atoms with E-state index in [1.165, 1.54) is 14.0 Å². The van der Waals surface area contributed by atoms with Crippen molar-refractivity contribution in [3.8, 4) is 0 Å². The van der Waals surface area contributed by atoms with Crippen LogP contribution in [0.15, 0.2) is 18.2 Å². The second kappa shape index (κ2) is 5.16. The summed E-state index contributed by atoms with van der Waals surface area (Å²) < 4.78 is 4.95. The van der Waals surface area contributed by atoms with Crippen molar-refractivity contribution in [3.05, 3.63) is 23.8 Å². The fourth-order valence-electron chi connectivity index (χ4n) is 4.32. The minimum atomic E-state index is -1.95. The molecule has 1 saturated heterocycles. The molecule has 2 aliphatic rings. The lowest BCUT2D eigenvalue weighted by Crippen LogP contribution is -2.63. The lowest BCUT2D eigenvalue weighted by Gasteiger charge is -2.40. The average molecular weight is 347 g/mol. The second-order valence-electron chi connectivity index (χ2n) is 7.86. The number of carbonyl (C=O) groups excluding carboxylic acids is 2. The summed E-state index contributed by atoms with van der Waals surface area (Å²) in [5.41, 5.74) is -1.91. The van der Waals surface area contributed by atoms with Crippen molar-refractivity contribution >= 4 is 30.7 Å². The molecule has 5 nitrogen and oxygen atoms in total. The topological polar surface area (TPSA) is 66.8 Å². The van der Waals surface area contributed by atoms with Crippen LogP contribution in [0.2, 0.25) is 19.6 Å². The monoisotopic (exact) mass is 347 g/mol. The van der Waals surface area contributed by atoms with E-state index in [9.17, 15) is 14.7 Å². The Morgan fingerprint density at radius 2 is 1.96 bits per heavy atom. The largest absolute Gasteiger partial charge is 0.467 e. The highest BCUT2D eigenvalue weighted by Gasteiger charge is 2.70. The minimum absolute atomic E-state index is 0.196. The molecular weight excluding hydrogens is 322 g/mol. The summed E-state index contributed by atoms with van der Waals surface area (Å²) in [5, 5.41) is 12.7. The predicted molar refractivity (Wildman–Crippen MR) is 95.3 cm³/mol. The normalized spacial score (nSPS) is 28.5. The fraction of sp³-hybridized carbons (Fsp3) is 0.556. The zero-order chi connectivity index (χ0) is 17.9. The number of anilines is 1. The van der Waals surface area contributed by atoms with Gasteiger partial charge < -0.3 is 14.7 Å². The van der Waals surface area contributed by atoms with Crippen molar-refractivity contribution in [1.82, 2.24) is 0 Å². The zero-order valence-corrected chi connectivity index (χ0v) is 16.0. The molecule has 2 heterocycles. The highest BCUT2D eigenvalue weighted by Crippen LogP contribution is 2.56. The van der Waals surface area contributed by atoms with Crippen LogP contribution in [0.1, 0.15) is 25.3 Å². The maximum absolute atomic E-state index is 12.7. The molecule has 1 aromatic carbocycles. The number of esters is 1. The van der Waals surface area contributed by atoms with Crippen LogP contribution in [-0.4, -0.2) is 44.1 Å². The smallest absolute Gasteiger partial charge is 0.345 e. The Hall–Kier alpha value is -1.66. The number of nitrogens with zero attached hydrogens (tertiary/aromatic N) is 1. The number of ketones is 1. The van der Waals surface area contributed by atoms with Gasteiger partial charge in [-0.05, 0) is 25.8 Å². The number of benzene rings is 1. The van der Waals surface area contributed by atoms with E-state index in [-0.39, 0.29) is 5.78 Å². The molecule has 0 amide bonds. The summed E-state index contributed by atoms with van der Waals surface area (Å²) in [5.74, 6) is -0.949. The molecule has 6 heteroatoms. The number of methoxy groups -OCH3 is 1. The van der Waals surface area contributed by atoms with Crippen LogP contribution in [0.5, 0.6) is 0 Å². The molecular formula is C18H25NO4Si. The average Bonchev–Trinajstić information content (AvgIpc) is 3.05. The molecule has 1 aromatic rings. The van der Waals surface area contributed by atoms with E-state index < -0.39 is 25.2 Å². The van der Waals surface area contributed by atoms with Crippen LogP contribution in [0, 0.1) is 0 Å². The van der Waals surface area contributed by atoms with Gasteiger partial charge >= 0.3 is 5.97 Å². The van der Waals surface area contributed by atoms with Gasteiger partial charge in [-0.1, -0.05) is 37.0 Å². The highest BCUT2D eigenvalue weighted by atomic mass is 28.3. The third kappa shape index (κ3) is 1.90. The molecule has 0 aliphatic carbocycles. The SMILES string of the molecule is COC(=O)[C@@]1(O)c2cc([Si](C)(C)C)ccc2N2CCC[C@]21C(C)=O. The Kier molecular flexibility index (Phi) is 3.69. The molecule has 24 heavy (non-hydrogen) atoms. The van der Waals surface area contributed by atoms with E-state index in [2.05, 4.69) is 25.7 Å². The summed E-state index contributed by atoms with van der Waals surface area (Å²) >= 11 is 0. The van der Waals surface area contributed by atoms with Gasteiger partial charge in [0.25, 0.3) is 0 Å². The molecule has 0 aromatic heterocycles. The number of ether oxygens (including phenoxy) is 1. The van der Waals surface area contributed by atoms with Gasteiger partial charge in [-0.15, -0.1) is 0 Å². The molecule has 1 N–H and O–H groups in total. The number of hydrogen-bond acceptors (Lipinski definition) is 5. The number of Topliss-reactive ketones (excluding diaryl/α,β-unsaturated/α-hetero) is 1. The molecule has 130 valence electrons. The van der Waals surface area contributed by atoms with Crippen molar-refractivity contribution in [2.24, 2.45) is 0 Å². The zero-order valence-electron chi connectivity index (χ0n) is 15.0. The standard InChI is InChI=1S/C18H25NO4Si/c1-12(20)17-9-6-10-19(17)15-8-7-13(24(3,4)5)11-14(15)18(17,22)16(21)23-2/h7-8,11,22H,6,9-10H2,1-5H3/t17-,18+/m1/s1. The van der Waals surface area contributed by atoms with Crippen LogP contribution >= 0.6 is 0 Å². The maximum Gasteiger partial charge on any atom is 0.345 e. The fourth-order valence-corrected chi connectivity index (χ4v) is 5.48. The Bertz CT molecular complexity index is 726. The van der Waals surface area contributed by atoms with Gasteiger partial charge in [-0.3, -0.25) is 4.79 Å². The third-order valence-corrected chi connectivity index (χ3v) is 7.63. The molecule has 0 unspecified atom stereocenters. The van der Waals surface area contributed by atoms with Crippen molar-refractivity contribution in [3.63, 3.8) is 0 Å². The first kappa shape index (κ1) is 17.2. The Labute approximate surface area is 143 Å². The van der Waals surface area contributed by atoms with Gasteiger partial charge in [-0.2, -0.15) is 0 Å². The quantitative estimate of drug-likeness (QED) is 0.663. The summed E-state index contributed by atoms with van der Waals surface area (Å²) in [6.07, 6.45) is 1.21. The van der Waals surface area contributed by atoms with E-state index in [0.29, 0.717) is 18.5 Å². The van der Waals surface area contributed by atoms with Crippen LogP contribution < -0.4 is 10.1 Å². The number of fused-ring (bicyclic) bond motifs is 3. The van der Waals surface area contributed by atoms with Gasteiger partial charge in [0.15, 0.2) is 5.78 Å². The first-order chi connectivity index (χ1) is 11.1. The minimum Gasteiger partial charge on any atom is -0.467 e. The van der Waals surface area contributed by atoms with E-state index in [1.54, 1.807) is 0 Å². The van der Waals surface area contributed by atoms with E-state index >= 15 is 0 Å². The molecule has 3 rings (SSSR count). The van der Waals surface area contributed by atoms with Gasteiger partial charge in [0.2, 0.25) is 5.60 Å². The molecule has 2 atom stereocenters.